The van der Waals surface area contributed by atoms with E-state index in [1.54, 1.807) is 0 Å². The van der Waals surface area contributed by atoms with Gasteiger partial charge < -0.3 is 20.4 Å². The van der Waals surface area contributed by atoms with E-state index in [2.05, 4.69) is 45.6 Å². The summed E-state index contributed by atoms with van der Waals surface area (Å²) in [6, 6.07) is 11.1. The van der Waals surface area contributed by atoms with Crippen molar-refractivity contribution in [3.8, 4) is 0 Å². The fourth-order valence-electron chi connectivity index (χ4n) is 6.34. The largest absolute Gasteiger partial charge is 0.361 e. The van der Waals surface area contributed by atoms with Crippen LogP contribution in [0.1, 0.15) is 83.1 Å². The number of halogens is 1. The third kappa shape index (κ3) is 6.48. The summed E-state index contributed by atoms with van der Waals surface area (Å²) in [5.41, 5.74) is 1.41. The number of hydrogen-bond acceptors (Lipinski definition) is 5. The van der Waals surface area contributed by atoms with E-state index >= 15 is 0 Å². The summed E-state index contributed by atoms with van der Waals surface area (Å²) in [6.45, 7) is 6.25. The van der Waals surface area contributed by atoms with E-state index in [-0.39, 0.29) is 5.41 Å². The zero-order valence-electron chi connectivity index (χ0n) is 22.1. The Labute approximate surface area is 232 Å². The lowest BCUT2D eigenvalue weighted by Crippen LogP contribution is -2.44. The van der Waals surface area contributed by atoms with Crippen LogP contribution in [0.25, 0.3) is 0 Å². The summed E-state index contributed by atoms with van der Waals surface area (Å²) >= 11 is 12.0. The SMILES string of the molecule is CC1CCCCN1c1cc(N2CCCCC2)nc(NC(=S)NCC2(c3ccc(Cl)cc3)CCCCC2)n1. The first-order valence-electron chi connectivity index (χ1n) is 14.2. The molecule has 1 unspecified atom stereocenters. The van der Waals surface area contributed by atoms with Crippen LogP contribution in [0, 0.1) is 0 Å². The van der Waals surface area contributed by atoms with Crippen LogP contribution >= 0.6 is 23.8 Å². The van der Waals surface area contributed by atoms with Crippen LogP contribution in [0.5, 0.6) is 0 Å². The molecule has 200 valence electrons. The van der Waals surface area contributed by atoms with Crippen molar-refractivity contribution in [1.29, 1.82) is 0 Å². The highest BCUT2D eigenvalue weighted by Gasteiger charge is 2.34. The predicted octanol–water partition coefficient (Wildman–Crippen LogP) is 6.69. The van der Waals surface area contributed by atoms with Gasteiger partial charge in [-0.05, 0) is 88.2 Å². The number of thiocarbonyl (C=S) groups is 1. The second kappa shape index (κ2) is 12.2. The average Bonchev–Trinajstić information content (AvgIpc) is 2.93. The molecule has 1 aliphatic carbocycles. The normalized spacial score (nSPS) is 21.9. The summed E-state index contributed by atoms with van der Waals surface area (Å²) in [4.78, 5) is 14.7. The van der Waals surface area contributed by atoms with Crippen LogP contribution in [0.3, 0.4) is 0 Å². The van der Waals surface area contributed by atoms with Crippen LogP contribution in [0.4, 0.5) is 17.6 Å². The van der Waals surface area contributed by atoms with Gasteiger partial charge in [-0.15, -0.1) is 0 Å². The molecule has 3 fully saturated rings. The zero-order chi connectivity index (χ0) is 25.7. The van der Waals surface area contributed by atoms with Gasteiger partial charge in [0.15, 0.2) is 5.11 Å². The van der Waals surface area contributed by atoms with Crippen molar-refractivity contribution in [3.05, 3.63) is 40.9 Å². The van der Waals surface area contributed by atoms with E-state index in [1.807, 2.05) is 12.1 Å². The van der Waals surface area contributed by atoms with Crippen LogP contribution in [0.2, 0.25) is 5.02 Å². The molecule has 6 nitrogen and oxygen atoms in total. The third-order valence-electron chi connectivity index (χ3n) is 8.56. The van der Waals surface area contributed by atoms with Gasteiger partial charge in [-0.3, -0.25) is 0 Å². The molecule has 1 aromatic heterocycles. The molecule has 2 aromatic rings. The Kier molecular flexibility index (Phi) is 8.71. The summed E-state index contributed by atoms with van der Waals surface area (Å²) in [6.07, 6.45) is 13.5. The van der Waals surface area contributed by atoms with E-state index in [9.17, 15) is 0 Å². The Morgan fingerprint density at radius 1 is 0.946 bits per heavy atom. The Bertz CT molecular complexity index is 1050. The van der Waals surface area contributed by atoms with Gasteiger partial charge in [0.25, 0.3) is 0 Å². The molecule has 0 spiro atoms. The molecule has 0 radical (unpaired) electrons. The smallest absolute Gasteiger partial charge is 0.232 e. The molecule has 0 bridgehead atoms. The summed E-state index contributed by atoms with van der Waals surface area (Å²) < 4.78 is 0. The predicted molar refractivity (Wildman–Crippen MR) is 159 cm³/mol. The molecule has 1 saturated carbocycles. The monoisotopic (exact) mass is 540 g/mol. The van der Waals surface area contributed by atoms with Gasteiger partial charge in [0.2, 0.25) is 5.95 Å². The molecule has 3 heterocycles. The first kappa shape index (κ1) is 26.5. The van der Waals surface area contributed by atoms with Crippen molar-refractivity contribution in [2.45, 2.75) is 89.0 Å². The summed E-state index contributed by atoms with van der Waals surface area (Å²) in [5.74, 6) is 2.62. The van der Waals surface area contributed by atoms with E-state index in [4.69, 9.17) is 33.8 Å². The molecule has 8 heteroatoms. The van der Waals surface area contributed by atoms with Crippen molar-refractivity contribution < 1.29 is 0 Å². The Morgan fingerprint density at radius 3 is 2.35 bits per heavy atom. The first-order valence-corrected chi connectivity index (χ1v) is 15.0. The molecule has 1 aromatic carbocycles. The topological polar surface area (TPSA) is 56.3 Å². The van der Waals surface area contributed by atoms with Crippen molar-refractivity contribution >= 4 is 46.5 Å². The van der Waals surface area contributed by atoms with Crippen molar-refractivity contribution in [2.75, 3.05) is 41.3 Å². The number of anilines is 3. The minimum absolute atomic E-state index is 0.0689. The van der Waals surface area contributed by atoms with Gasteiger partial charge in [-0.25, -0.2) is 0 Å². The summed E-state index contributed by atoms with van der Waals surface area (Å²) in [7, 11) is 0. The maximum atomic E-state index is 6.19. The average molecular weight is 541 g/mol. The molecule has 3 aliphatic rings. The number of benzene rings is 1. The number of rotatable bonds is 6. The highest BCUT2D eigenvalue weighted by atomic mass is 35.5. The number of nitrogens with zero attached hydrogens (tertiary/aromatic N) is 4. The minimum atomic E-state index is 0.0689. The van der Waals surface area contributed by atoms with Crippen molar-refractivity contribution in [3.63, 3.8) is 0 Å². The Balaban J connectivity index is 1.33. The first-order chi connectivity index (χ1) is 18.0. The van der Waals surface area contributed by atoms with Crippen LogP contribution in [-0.2, 0) is 5.41 Å². The number of nitrogens with one attached hydrogen (secondary N) is 2. The van der Waals surface area contributed by atoms with Gasteiger partial charge >= 0.3 is 0 Å². The molecule has 1 atom stereocenters. The Morgan fingerprint density at radius 2 is 1.62 bits per heavy atom. The second-order valence-electron chi connectivity index (χ2n) is 11.1. The number of hydrogen-bond donors (Lipinski definition) is 2. The molecule has 2 saturated heterocycles. The van der Waals surface area contributed by atoms with E-state index in [1.165, 1.54) is 63.4 Å². The van der Waals surface area contributed by atoms with Gasteiger partial charge in [0, 0.05) is 48.7 Å². The fraction of sp³-hybridized carbons (Fsp3) is 0.621. The van der Waals surface area contributed by atoms with Crippen LogP contribution < -0.4 is 20.4 Å². The lowest BCUT2D eigenvalue weighted by molar-refractivity contribution is 0.292. The van der Waals surface area contributed by atoms with Crippen LogP contribution in [0.15, 0.2) is 30.3 Å². The van der Waals surface area contributed by atoms with E-state index in [0.717, 1.165) is 55.7 Å². The van der Waals surface area contributed by atoms with Gasteiger partial charge in [-0.1, -0.05) is 43.0 Å². The lowest BCUT2D eigenvalue weighted by Gasteiger charge is -2.38. The quantitative estimate of drug-likeness (QED) is 0.396. The molecular weight excluding hydrogens is 500 g/mol. The fourth-order valence-corrected chi connectivity index (χ4v) is 6.63. The molecule has 5 rings (SSSR count). The van der Waals surface area contributed by atoms with Crippen LogP contribution in [-0.4, -0.2) is 47.3 Å². The molecule has 2 N–H and O–H groups in total. The minimum Gasteiger partial charge on any atom is -0.361 e. The number of aromatic nitrogens is 2. The van der Waals surface area contributed by atoms with Crippen molar-refractivity contribution in [1.82, 2.24) is 15.3 Å². The number of piperidine rings is 2. The lowest BCUT2D eigenvalue weighted by atomic mass is 9.69. The summed E-state index contributed by atoms with van der Waals surface area (Å²) in [5, 5.41) is 8.27. The molecular formula is C29H41ClN6S. The molecule has 37 heavy (non-hydrogen) atoms. The zero-order valence-corrected chi connectivity index (χ0v) is 23.7. The van der Waals surface area contributed by atoms with E-state index < -0.39 is 0 Å². The maximum Gasteiger partial charge on any atom is 0.232 e. The standard InChI is InChI=1S/C29H41ClN6S/c1-22-10-4-9-19-36(22)26-20-25(35-17-7-3-8-18-35)32-27(33-26)34-28(37)31-21-29(15-5-2-6-16-29)23-11-13-24(30)14-12-23/h11-14,20,22H,2-10,15-19,21H2,1H3,(H2,31,32,33,34,37). The second-order valence-corrected chi connectivity index (χ2v) is 12.0. The molecule has 2 aliphatic heterocycles. The highest BCUT2D eigenvalue weighted by Crippen LogP contribution is 2.39. The molecule has 0 amide bonds. The van der Waals surface area contributed by atoms with Gasteiger partial charge in [0.1, 0.15) is 11.6 Å². The maximum absolute atomic E-state index is 6.19. The van der Waals surface area contributed by atoms with Gasteiger partial charge in [0.05, 0.1) is 0 Å². The highest BCUT2D eigenvalue weighted by molar-refractivity contribution is 7.80. The third-order valence-corrected chi connectivity index (χ3v) is 9.05. The van der Waals surface area contributed by atoms with E-state index in [0.29, 0.717) is 17.1 Å². The Hall–Kier alpha value is -2.12. The van der Waals surface area contributed by atoms with Crippen molar-refractivity contribution in [2.24, 2.45) is 0 Å². The van der Waals surface area contributed by atoms with Gasteiger partial charge in [-0.2, -0.15) is 9.97 Å².